The molecule has 6 nitrogen and oxygen atoms in total. The zero-order valence-electron chi connectivity index (χ0n) is 12.9. The number of hydrogen-bond acceptors (Lipinski definition) is 4. The van der Waals surface area contributed by atoms with Crippen molar-refractivity contribution in [2.75, 3.05) is 19.0 Å². The van der Waals surface area contributed by atoms with Crippen molar-refractivity contribution in [1.29, 1.82) is 0 Å². The van der Waals surface area contributed by atoms with Gasteiger partial charge in [-0.2, -0.15) is 5.10 Å². The third-order valence-electron chi connectivity index (χ3n) is 3.81. The Hall–Kier alpha value is -1.66. The van der Waals surface area contributed by atoms with E-state index in [1.165, 1.54) is 0 Å². The van der Waals surface area contributed by atoms with E-state index in [1.54, 1.807) is 7.11 Å². The first-order valence-corrected chi connectivity index (χ1v) is 7.28. The van der Waals surface area contributed by atoms with Gasteiger partial charge in [-0.1, -0.05) is 12.2 Å². The average molecular weight is 292 g/mol. The smallest absolute Gasteiger partial charge is 0.225 e. The number of ether oxygens (including phenoxy) is 1. The predicted molar refractivity (Wildman–Crippen MR) is 82.0 cm³/mol. The standard InChI is InChI=1S/C15H24N4O2/c1-10-15(11(2)19(18-10)6-7-21-3)17-14(20)9-12-4-5-13(16)8-12/h4-5,12-13H,6-9,16H2,1-3H3,(H,17,20)/t12-,13+/m1/s1. The number of aryl methyl sites for hydroxylation is 1. The molecule has 1 aliphatic carbocycles. The molecule has 1 heterocycles. The molecule has 1 aromatic heterocycles. The molecule has 0 aliphatic heterocycles. The first kappa shape index (κ1) is 15.7. The van der Waals surface area contributed by atoms with E-state index in [9.17, 15) is 4.79 Å². The lowest BCUT2D eigenvalue weighted by molar-refractivity contribution is -0.116. The molecule has 1 amide bonds. The molecule has 3 N–H and O–H groups in total. The summed E-state index contributed by atoms with van der Waals surface area (Å²) in [6.07, 6.45) is 5.31. The van der Waals surface area contributed by atoms with Gasteiger partial charge in [0.25, 0.3) is 0 Å². The number of amides is 1. The van der Waals surface area contributed by atoms with Crippen LogP contribution in [0.5, 0.6) is 0 Å². The van der Waals surface area contributed by atoms with Gasteiger partial charge in [0, 0.05) is 19.6 Å². The normalized spacial score (nSPS) is 21.0. The van der Waals surface area contributed by atoms with Crippen LogP contribution in [0.2, 0.25) is 0 Å². The van der Waals surface area contributed by atoms with E-state index in [4.69, 9.17) is 10.5 Å². The summed E-state index contributed by atoms with van der Waals surface area (Å²) in [5, 5.41) is 7.41. The summed E-state index contributed by atoms with van der Waals surface area (Å²) in [4.78, 5) is 12.2. The number of nitrogens with two attached hydrogens (primary N) is 1. The monoisotopic (exact) mass is 292 g/mol. The van der Waals surface area contributed by atoms with Crippen LogP contribution in [0.25, 0.3) is 0 Å². The lowest BCUT2D eigenvalue weighted by Gasteiger charge is -2.10. The number of allylic oxidation sites excluding steroid dienone is 1. The second-order valence-corrected chi connectivity index (χ2v) is 5.56. The van der Waals surface area contributed by atoms with Gasteiger partial charge in [-0.05, 0) is 26.2 Å². The zero-order valence-corrected chi connectivity index (χ0v) is 12.9. The first-order chi connectivity index (χ1) is 10.0. The van der Waals surface area contributed by atoms with E-state index in [0.717, 1.165) is 23.5 Å². The van der Waals surface area contributed by atoms with Crippen molar-refractivity contribution in [3.8, 4) is 0 Å². The van der Waals surface area contributed by atoms with Crippen molar-refractivity contribution in [1.82, 2.24) is 9.78 Å². The second-order valence-electron chi connectivity index (χ2n) is 5.56. The Kier molecular flexibility index (Phi) is 5.14. The van der Waals surface area contributed by atoms with Crippen molar-refractivity contribution in [3.05, 3.63) is 23.5 Å². The SMILES string of the molecule is COCCn1nc(C)c(NC(=O)C[C@@H]2C=C[C@H](N)C2)c1C. The highest BCUT2D eigenvalue weighted by Gasteiger charge is 2.20. The molecule has 1 aromatic rings. The Bertz CT molecular complexity index is 536. The molecule has 1 aliphatic rings. The third kappa shape index (κ3) is 3.92. The quantitative estimate of drug-likeness (QED) is 0.776. The van der Waals surface area contributed by atoms with Crippen molar-refractivity contribution in [2.45, 2.75) is 39.3 Å². The molecule has 2 atom stereocenters. The van der Waals surface area contributed by atoms with Crippen LogP contribution in [0, 0.1) is 19.8 Å². The van der Waals surface area contributed by atoms with Gasteiger partial charge in [0.05, 0.1) is 30.2 Å². The van der Waals surface area contributed by atoms with E-state index < -0.39 is 0 Å². The summed E-state index contributed by atoms with van der Waals surface area (Å²) in [6.45, 7) is 5.13. The lowest BCUT2D eigenvalue weighted by Crippen LogP contribution is -2.19. The molecule has 0 unspecified atom stereocenters. The lowest BCUT2D eigenvalue weighted by atomic mass is 10.0. The summed E-state index contributed by atoms with van der Waals surface area (Å²) < 4.78 is 6.92. The number of methoxy groups -OCH3 is 1. The number of nitrogens with one attached hydrogen (secondary N) is 1. The Balaban J connectivity index is 1.97. The molecule has 21 heavy (non-hydrogen) atoms. The van der Waals surface area contributed by atoms with Gasteiger partial charge in [-0.15, -0.1) is 0 Å². The van der Waals surface area contributed by atoms with Gasteiger partial charge >= 0.3 is 0 Å². The molecule has 0 saturated carbocycles. The van der Waals surface area contributed by atoms with E-state index in [-0.39, 0.29) is 17.9 Å². The fourth-order valence-electron chi connectivity index (χ4n) is 2.66. The van der Waals surface area contributed by atoms with Gasteiger partial charge in [-0.3, -0.25) is 9.48 Å². The van der Waals surface area contributed by atoms with Crippen LogP contribution in [-0.2, 0) is 16.1 Å². The van der Waals surface area contributed by atoms with E-state index >= 15 is 0 Å². The van der Waals surface area contributed by atoms with E-state index in [0.29, 0.717) is 19.6 Å². The highest BCUT2D eigenvalue weighted by Crippen LogP contribution is 2.23. The molecule has 2 rings (SSSR count). The maximum absolute atomic E-state index is 12.2. The molecule has 0 fully saturated rings. The predicted octanol–water partition coefficient (Wildman–Crippen LogP) is 1.38. The van der Waals surface area contributed by atoms with Gasteiger partial charge in [0.2, 0.25) is 5.91 Å². The minimum absolute atomic E-state index is 0.0104. The minimum atomic E-state index is 0.0104. The molecular weight excluding hydrogens is 268 g/mol. The molecule has 0 radical (unpaired) electrons. The Morgan fingerprint density at radius 1 is 1.52 bits per heavy atom. The minimum Gasteiger partial charge on any atom is -0.383 e. The van der Waals surface area contributed by atoms with Gasteiger partial charge in [-0.25, -0.2) is 0 Å². The molecule has 6 heteroatoms. The molecule has 0 aromatic carbocycles. The number of carbonyl (C=O) groups excluding carboxylic acids is 1. The van der Waals surface area contributed by atoms with Crippen LogP contribution in [0.3, 0.4) is 0 Å². The highest BCUT2D eigenvalue weighted by molar-refractivity contribution is 5.92. The first-order valence-electron chi connectivity index (χ1n) is 7.28. The fourth-order valence-corrected chi connectivity index (χ4v) is 2.66. The summed E-state index contributed by atoms with van der Waals surface area (Å²) in [7, 11) is 1.66. The van der Waals surface area contributed by atoms with E-state index in [2.05, 4.69) is 10.4 Å². The highest BCUT2D eigenvalue weighted by atomic mass is 16.5. The van der Waals surface area contributed by atoms with Crippen LogP contribution in [0.15, 0.2) is 12.2 Å². The summed E-state index contributed by atoms with van der Waals surface area (Å²) in [5.41, 5.74) is 8.40. The largest absolute Gasteiger partial charge is 0.383 e. The van der Waals surface area contributed by atoms with Gasteiger partial charge in [0.15, 0.2) is 0 Å². The molecule has 0 saturated heterocycles. The van der Waals surface area contributed by atoms with Crippen LogP contribution in [0.1, 0.15) is 24.2 Å². The maximum Gasteiger partial charge on any atom is 0.225 e. The number of carbonyl (C=O) groups is 1. The summed E-state index contributed by atoms with van der Waals surface area (Å²) in [5.74, 6) is 0.250. The Labute approximate surface area is 125 Å². The van der Waals surface area contributed by atoms with Crippen LogP contribution in [-0.4, -0.2) is 35.4 Å². The average Bonchev–Trinajstić information content (AvgIpc) is 2.95. The second kappa shape index (κ2) is 6.87. The summed E-state index contributed by atoms with van der Waals surface area (Å²) in [6, 6.07) is 0.0862. The van der Waals surface area contributed by atoms with Gasteiger partial charge in [0.1, 0.15) is 0 Å². The van der Waals surface area contributed by atoms with Crippen molar-refractivity contribution < 1.29 is 9.53 Å². The maximum atomic E-state index is 12.2. The van der Waals surface area contributed by atoms with Crippen LogP contribution < -0.4 is 11.1 Å². The fraction of sp³-hybridized carbons (Fsp3) is 0.600. The molecular formula is C15H24N4O2. The van der Waals surface area contributed by atoms with Crippen molar-refractivity contribution >= 4 is 11.6 Å². The zero-order chi connectivity index (χ0) is 15.4. The Morgan fingerprint density at radius 3 is 2.90 bits per heavy atom. The number of rotatable bonds is 6. The molecule has 116 valence electrons. The molecule has 0 spiro atoms. The van der Waals surface area contributed by atoms with Crippen LogP contribution >= 0.6 is 0 Å². The van der Waals surface area contributed by atoms with E-state index in [1.807, 2.05) is 30.7 Å². The topological polar surface area (TPSA) is 82.2 Å². The number of anilines is 1. The summed E-state index contributed by atoms with van der Waals surface area (Å²) >= 11 is 0. The number of nitrogens with zero attached hydrogens (tertiary/aromatic N) is 2. The number of hydrogen-bond donors (Lipinski definition) is 2. The van der Waals surface area contributed by atoms with Crippen molar-refractivity contribution in [3.63, 3.8) is 0 Å². The van der Waals surface area contributed by atoms with Crippen LogP contribution in [0.4, 0.5) is 5.69 Å². The van der Waals surface area contributed by atoms with Crippen molar-refractivity contribution in [2.24, 2.45) is 11.7 Å². The Morgan fingerprint density at radius 2 is 2.29 bits per heavy atom. The van der Waals surface area contributed by atoms with Gasteiger partial charge < -0.3 is 15.8 Å². The molecule has 0 bridgehead atoms. The third-order valence-corrected chi connectivity index (χ3v) is 3.81. The number of aromatic nitrogens is 2.